The van der Waals surface area contributed by atoms with E-state index in [1.165, 1.54) is 12.0 Å². The molecular weight excluding hydrogens is 342 g/mol. The summed E-state index contributed by atoms with van der Waals surface area (Å²) in [6, 6.07) is 7.86. The fourth-order valence-corrected chi connectivity index (χ4v) is 4.52. The number of aliphatic hydroxyl groups excluding tert-OH is 1. The third kappa shape index (κ3) is 5.51. The number of aliphatic hydroxyl groups is 1. The maximum atomic E-state index is 11.0. The minimum Gasteiger partial charge on any atom is -0.478 e. The molecule has 2 aliphatic rings. The highest BCUT2D eigenvalue weighted by molar-refractivity contribution is 5.87. The normalized spacial score (nSPS) is 25.6. The number of piperazine rings is 1. The molecule has 2 fully saturated rings. The monoisotopic (exact) mass is 375 g/mol. The van der Waals surface area contributed by atoms with Gasteiger partial charge in [0.2, 0.25) is 0 Å². The van der Waals surface area contributed by atoms with Gasteiger partial charge in [0.05, 0.1) is 5.56 Å². The first-order valence-corrected chi connectivity index (χ1v) is 10.1. The molecule has 1 aromatic rings. The van der Waals surface area contributed by atoms with Gasteiger partial charge in [-0.2, -0.15) is 0 Å². The number of likely N-dealkylation sites (tertiary alicyclic amines) is 1. The van der Waals surface area contributed by atoms with E-state index in [1.807, 2.05) is 12.1 Å². The van der Waals surface area contributed by atoms with Crippen LogP contribution in [-0.4, -0.2) is 89.8 Å². The quantitative estimate of drug-likeness (QED) is 0.755. The van der Waals surface area contributed by atoms with Crippen molar-refractivity contribution in [1.82, 2.24) is 14.7 Å². The Hall–Kier alpha value is -1.47. The molecule has 0 spiro atoms. The Balaban J connectivity index is 1.60. The van der Waals surface area contributed by atoms with Gasteiger partial charge in [-0.05, 0) is 56.5 Å². The summed E-state index contributed by atoms with van der Waals surface area (Å²) in [6.07, 6.45) is 3.12. The third-order valence-electron chi connectivity index (χ3n) is 6.12. The van der Waals surface area contributed by atoms with Crippen LogP contribution in [0.15, 0.2) is 24.3 Å². The fourth-order valence-electron chi connectivity index (χ4n) is 4.52. The molecular formula is C21H33N3O3. The van der Waals surface area contributed by atoms with Crippen LogP contribution in [0.25, 0.3) is 0 Å². The van der Waals surface area contributed by atoms with E-state index in [1.54, 1.807) is 12.1 Å². The first kappa shape index (κ1) is 20.3. The number of nitrogens with zero attached hydrogens (tertiary/aromatic N) is 3. The van der Waals surface area contributed by atoms with Crippen LogP contribution in [0, 0.1) is 5.92 Å². The van der Waals surface area contributed by atoms with Gasteiger partial charge < -0.3 is 15.1 Å². The highest BCUT2D eigenvalue weighted by atomic mass is 16.4. The number of likely N-dealkylation sites (N-methyl/N-ethyl adjacent to an activating group) is 1. The van der Waals surface area contributed by atoms with Gasteiger partial charge in [0.15, 0.2) is 0 Å². The van der Waals surface area contributed by atoms with Crippen LogP contribution in [-0.2, 0) is 6.54 Å². The van der Waals surface area contributed by atoms with Crippen molar-refractivity contribution < 1.29 is 15.0 Å². The Morgan fingerprint density at radius 3 is 2.44 bits per heavy atom. The van der Waals surface area contributed by atoms with Crippen molar-refractivity contribution in [2.45, 2.75) is 31.8 Å². The third-order valence-corrected chi connectivity index (χ3v) is 6.12. The summed E-state index contributed by atoms with van der Waals surface area (Å²) in [6.45, 7) is 7.84. The van der Waals surface area contributed by atoms with Crippen LogP contribution in [0.3, 0.4) is 0 Å². The lowest BCUT2D eigenvalue weighted by Gasteiger charge is -2.46. The van der Waals surface area contributed by atoms with Crippen molar-refractivity contribution in [3.63, 3.8) is 0 Å². The molecule has 150 valence electrons. The SMILES string of the molecule is CN1CCN([C@H]2CCN(Cc3ccc(C(=O)O)cc3)C[C@H]2CCCO)CC1. The Morgan fingerprint density at radius 2 is 1.81 bits per heavy atom. The van der Waals surface area contributed by atoms with Gasteiger partial charge in [0.25, 0.3) is 0 Å². The second kappa shape index (κ2) is 9.64. The van der Waals surface area contributed by atoms with Crippen LogP contribution in [0.1, 0.15) is 35.2 Å². The first-order valence-electron chi connectivity index (χ1n) is 10.1. The van der Waals surface area contributed by atoms with E-state index in [4.69, 9.17) is 5.11 Å². The van der Waals surface area contributed by atoms with Gasteiger partial charge in [-0.25, -0.2) is 4.79 Å². The molecule has 0 aromatic heterocycles. The molecule has 0 aliphatic carbocycles. The van der Waals surface area contributed by atoms with E-state index in [2.05, 4.69) is 21.7 Å². The van der Waals surface area contributed by atoms with Gasteiger partial charge in [-0.3, -0.25) is 9.80 Å². The lowest BCUT2D eigenvalue weighted by Crippen LogP contribution is -2.56. The standard InChI is InChI=1S/C21H33N3O3/c1-22-10-12-24(13-11-22)20-8-9-23(16-19(20)3-2-14-25)15-17-4-6-18(7-5-17)21(26)27/h4-7,19-20,25H,2-3,8-16H2,1H3,(H,26,27)/t19-,20+/m1/s1. The minimum absolute atomic E-state index is 0.266. The summed E-state index contributed by atoms with van der Waals surface area (Å²) < 4.78 is 0. The van der Waals surface area contributed by atoms with E-state index >= 15 is 0 Å². The van der Waals surface area contributed by atoms with Crippen LogP contribution >= 0.6 is 0 Å². The molecule has 0 saturated carbocycles. The highest BCUT2D eigenvalue weighted by Crippen LogP contribution is 2.28. The second-order valence-electron chi connectivity index (χ2n) is 8.06. The van der Waals surface area contributed by atoms with Crippen molar-refractivity contribution in [1.29, 1.82) is 0 Å². The van der Waals surface area contributed by atoms with E-state index in [9.17, 15) is 9.90 Å². The number of hydrogen-bond acceptors (Lipinski definition) is 5. The molecule has 0 radical (unpaired) electrons. The Labute approximate surface area is 162 Å². The number of piperidine rings is 1. The van der Waals surface area contributed by atoms with Crippen molar-refractivity contribution in [2.24, 2.45) is 5.92 Å². The lowest BCUT2D eigenvalue weighted by molar-refractivity contribution is 0.0212. The molecule has 2 atom stereocenters. The van der Waals surface area contributed by atoms with Crippen LogP contribution in [0.4, 0.5) is 0 Å². The van der Waals surface area contributed by atoms with Crippen LogP contribution in [0.5, 0.6) is 0 Å². The Kier molecular flexibility index (Phi) is 7.24. The minimum atomic E-state index is -0.876. The lowest BCUT2D eigenvalue weighted by atomic mass is 9.86. The molecule has 6 heteroatoms. The Bertz CT molecular complexity index is 599. The highest BCUT2D eigenvalue weighted by Gasteiger charge is 2.33. The molecule has 2 N–H and O–H groups in total. The van der Waals surface area contributed by atoms with Crippen molar-refractivity contribution >= 4 is 5.97 Å². The van der Waals surface area contributed by atoms with Crippen LogP contribution in [0.2, 0.25) is 0 Å². The maximum Gasteiger partial charge on any atom is 0.335 e. The van der Waals surface area contributed by atoms with Gasteiger partial charge >= 0.3 is 5.97 Å². The molecule has 2 saturated heterocycles. The van der Waals surface area contributed by atoms with Crippen molar-refractivity contribution in [3.8, 4) is 0 Å². The zero-order valence-corrected chi connectivity index (χ0v) is 16.4. The zero-order valence-electron chi connectivity index (χ0n) is 16.4. The molecule has 1 aromatic carbocycles. The van der Waals surface area contributed by atoms with E-state index < -0.39 is 5.97 Å². The molecule has 0 amide bonds. The maximum absolute atomic E-state index is 11.0. The van der Waals surface area contributed by atoms with Gasteiger partial charge in [-0.1, -0.05) is 12.1 Å². The smallest absolute Gasteiger partial charge is 0.335 e. The van der Waals surface area contributed by atoms with Gasteiger partial charge in [-0.15, -0.1) is 0 Å². The summed E-state index contributed by atoms with van der Waals surface area (Å²) in [4.78, 5) is 18.6. The van der Waals surface area contributed by atoms with Crippen molar-refractivity contribution in [3.05, 3.63) is 35.4 Å². The number of carboxylic acids is 1. The van der Waals surface area contributed by atoms with Gasteiger partial charge in [0, 0.05) is 51.9 Å². The summed E-state index contributed by atoms with van der Waals surface area (Å²) in [5.74, 6) is -0.286. The topological polar surface area (TPSA) is 67.2 Å². The second-order valence-corrected chi connectivity index (χ2v) is 8.06. The first-order chi connectivity index (χ1) is 13.1. The summed E-state index contributed by atoms with van der Waals surface area (Å²) >= 11 is 0. The number of carbonyl (C=O) groups is 1. The number of hydrogen-bond donors (Lipinski definition) is 2. The number of rotatable bonds is 7. The number of carboxylic acid groups (broad SMARTS) is 1. The molecule has 2 aliphatic heterocycles. The predicted molar refractivity (Wildman–Crippen MR) is 106 cm³/mol. The Morgan fingerprint density at radius 1 is 1.11 bits per heavy atom. The molecule has 2 heterocycles. The van der Waals surface area contributed by atoms with E-state index in [0.717, 1.165) is 58.7 Å². The zero-order chi connectivity index (χ0) is 19.2. The van der Waals surface area contributed by atoms with Crippen LogP contribution < -0.4 is 0 Å². The molecule has 6 nitrogen and oxygen atoms in total. The van der Waals surface area contributed by atoms with E-state index in [-0.39, 0.29) is 6.61 Å². The molecule has 0 bridgehead atoms. The number of aromatic carboxylic acids is 1. The van der Waals surface area contributed by atoms with Crippen molar-refractivity contribution in [2.75, 3.05) is 52.9 Å². The number of benzene rings is 1. The molecule has 27 heavy (non-hydrogen) atoms. The summed E-state index contributed by atoms with van der Waals surface area (Å²) in [5.41, 5.74) is 1.51. The molecule has 0 unspecified atom stereocenters. The molecule has 3 rings (SSSR count). The van der Waals surface area contributed by atoms with E-state index in [0.29, 0.717) is 17.5 Å². The largest absolute Gasteiger partial charge is 0.478 e. The average Bonchev–Trinajstić information content (AvgIpc) is 2.68. The summed E-state index contributed by atoms with van der Waals surface area (Å²) in [7, 11) is 2.19. The predicted octanol–water partition coefficient (Wildman–Crippen LogP) is 1.60. The fraction of sp³-hybridized carbons (Fsp3) is 0.667. The average molecular weight is 376 g/mol. The summed E-state index contributed by atoms with van der Waals surface area (Å²) in [5, 5.41) is 18.4. The van der Waals surface area contributed by atoms with Gasteiger partial charge in [0.1, 0.15) is 0 Å².